The van der Waals surface area contributed by atoms with Crippen LogP contribution < -0.4 is 5.32 Å². The predicted octanol–water partition coefficient (Wildman–Crippen LogP) is 5.05. The van der Waals surface area contributed by atoms with Crippen LogP contribution in [0.4, 0.5) is 5.82 Å². The molecule has 1 aliphatic carbocycles. The first-order chi connectivity index (χ1) is 14.5. The molecule has 0 atom stereocenters. The average molecular weight is 445 g/mol. The van der Waals surface area contributed by atoms with Crippen LogP contribution in [0.5, 0.6) is 0 Å². The lowest BCUT2D eigenvalue weighted by molar-refractivity contribution is -0.136. The summed E-state index contributed by atoms with van der Waals surface area (Å²) in [5.41, 5.74) is 1.49. The van der Waals surface area contributed by atoms with E-state index in [4.69, 9.17) is 16.7 Å². The van der Waals surface area contributed by atoms with Crippen molar-refractivity contribution < 1.29 is 9.59 Å². The summed E-state index contributed by atoms with van der Waals surface area (Å²) < 4.78 is 1.72. The van der Waals surface area contributed by atoms with Crippen molar-refractivity contribution in [1.29, 1.82) is 0 Å². The summed E-state index contributed by atoms with van der Waals surface area (Å²) in [6, 6.07) is 9.21. The fourth-order valence-electron chi connectivity index (χ4n) is 3.24. The molecule has 1 saturated carbocycles. The van der Waals surface area contributed by atoms with Gasteiger partial charge in [-0.3, -0.25) is 9.59 Å². The Morgan fingerprint density at radius 3 is 2.42 bits per heavy atom. The number of benzene rings is 1. The van der Waals surface area contributed by atoms with Crippen molar-refractivity contribution in [1.82, 2.24) is 14.7 Å². The van der Waals surface area contributed by atoms with E-state index in [0.717, 1.165) is 30.6 Å². The van der Waals surface area contributed by atoms with Crippen molar-refractivity contribution in [2.24, 2.45) is 11.8 Å². The predicted molar refractivity (Wildman–Crippen MR) is 125 cm³/mol. The molecule has 1 aromatic heterocycles. The summed E-state index contributed by atoms with van der Waals surface area (Å²) in [7, 11) is 0. The molecule has 7 heteroatoms. The molecule has 0 saturated heterocycles. The second-order valence-corrected chi connectivity index (χ2v) is 10.3. The van der Waals surface area contributed by atoms with Crippen molar-refractivity contribution >= 4 is 29.2 Å². The zero-order valence-corrected chi connectivity index (χ0v) is 19.9. The molecule has 1 aromatic carbocycles. The van der Waals surface area contributed by atoms with Crippen molar-refractivity contribution in [2.45, 2.75) is 59.3 Å². The Labute approximate surface area is 190 Å². The number of halogens is 1. The van der Waals surface area contributed by atoms with Gasteiger partial charge < -0.3 is 10.2 Å². The number of hydrogen-bond acceptors (Lipinski definition) is 3. The Bertz CT molecular complexity index is 924. The summed E-state index contributed by atoms with van der Waals surface area (Å²) in [4.78, 5) is 27.3. The minimum absolute atomic E-state index is 0.0543. The van der Waals surface area contributed by atoms with E-state index in [1.165, 1.54) is 0 Å². The van der Waals surface area contributed by atoms with Crippen LogP contribution in [0.2, 0.25) is 5.02 Å². The number of rotatable bonds is 8. The highest BCUT2D eigenvalue weighted by Gasteiger charge is 2.34. The first kappa shape index (κ1) is 23.3. The van der Waals surface area contributed by atoms with E-state index < -0.39 is 0 Å². The molecule has 168 valence electrons. The number of nitrogens with zero attached hydrogens (tertiary/aromatic N) is 3. The van der Waals surface area contributed by atoms with Gasteiger partial charge in [-0.25, -0.2) is 4.68 Å². The molecule has 0 radical (unpaired) electrons. The molecule has 2 aromatic rings. The molecule has 6 nitrogen and oxygen atoms in total. The van der Waals surface area contributed by atoms with Crippen LogP contribution in [-0.4, -0.2) is 39.6 Å². The monoisotopic (exact) mass is 444 g/mol. The van der Waals surface area contributed by atoms with Crippen LogP contribution in [0.3, 0.4) is 0 Å². The van der Waals surface area contributed by atoms with Gasteiger partial charge in [0.05, 0.1) is 17.9 Å². The summed E-state index contributed by atoms with van der Waals surface area (Å²) in [6.07, 6.45) is 2.73. The van der Waals surface area contributed by atoms with Gasteiger partial charge in [-0.2, -0.15) is 5.10 Å². The number of aromatic nitrogens is 2. The third-order valence-corrected chi connectivity index (χ3v) is 5.62. The van der Waals surface area contributed by atoms with Gasteiger partial charge in [0.1, 0.15) is 5.82 Å². The van der Waals surface area contributed by atoms with Crippen LogP contribution >= 0.6 is 11.6 Å². The number of anilines is 1. The second-order valence-electron chi connectivity index (χ2n) is 9.82. The minimum atomic E-state index is -0.215. The van der Waals surface area contributed by atoms with Gasteiger partial charge in [0.15, 0.2) is 0 Å². The third kappa shape index (κ3) is 6.33. The molecule has 3 rings (SSSR count). The fourth-order valence-corrected chi connectivity index (χ4v) is 3.37. The highest BCUT2D eigenvalue weighted by atomic mass is 35.5. The van der Waals surface area contributed by atoms with E-state index >= 15 is 0 Å². The number of hydrogen-bond donors (Lipinski definition) is 1. The average Bonchev–Trinajstić information content (AvgIpc) is 3.45. The van der Waals surface area contributed by atoms with Crippen molar-refractivity contribution in [3.05, 3.63) is 41.0 Å². The van der Waals surface area contributed by atoms with Gasteiger partial charge in [0, 0.05) is 29.0 Å². The minimum Gasteiger partial charge on any atom is -0.333 e. The Hall–Kier alpha value is -2.34. The third-order valence-electron chi connectivity index (χ3n) is 5.37. The van der Waals surface area contributed by atoms with E-state index in [-0.39, 0.29) is 29.7 Å². The highest BCUT2D eigenvalue weighted by Crippen LogP contribution is 2.31. The normalized spacial score (nSPS) is 14.0. The SMILES string of the molecule is CC(C)CCN(CC(=O)Nc1cc(C(C)(C)C)nn1-c1ccc(Cl)cc1)C(=O)C1CC1. The molecule has 2 amide bonds. The van der Waals surface area contributed by atoms with E-state index in [0.29, 0.717) is 23.3 Å². The van der Waals surface area contributed by atoms with Crippen molar-refractivity contribution in [2.75, 3.05) is 18.4 Å². The van der Waals surface area contributed by atoms with E-state index in [1.54, 1.807) is 21.7 Å². The number of carbonyl (C=O) groups is 2. The lowest BCUT2D eigenvalue weighted by Crippen LogP contribution is -2.40. The summed E-state index contributed by atoms with van der Waals surface area (Å²) >= 11 is 6.03. The highest BCUT2D eigenvalue weighted by molar-refractivity contribution is 6.30. The molecule has 0 aliphatic heterocycles. The number of carbonyl (C=O) groups excluding carboxylic acids is 2. The Morgan fingerprint density at radius 2 is 1.87 bits per heavy atom. The second kappa shape index (κ2) is 9.43. The van der Waals surface area contributed by atoms with Crippen LogP contribution in [-0.2, 0) is 15.0 Å². The zero-order chi connectivity index (χ0) is 22.8. The topological polar surface area (TPSA) is 67.2 Å². The Morgan fingerprint density at radius 1 is 1.23 bits per heavy atom. The lowest BCUT2D eigenvalue weighted by Gasteiger charge is -2.23. The van der Waals surface area contributed by atoms with Gasteiger partial charge in [-0.05, 0) is 49.4 Å². The summed E-state index contributed by atoms with van der Waals surface area (Å²) in [5.74, 6) is 1.02. The van der Waals surface area contributed by atoms with E-state index in [9.17, 15) is 9.59 Å². The molecule has 0 spiro atoms. The standard InChI is InChI=1S/C24H33ClN4O2/c1-16(2)12-13-28(23(31)17-6-7-17)15-22(30)26-21-14-20(24(3,4)5)27-29(21)19-10-8-18(25)9-11-19/h8-11,14,16-17H,6-7,12-13,15H2,1-5H3,(H,26,30). The Balaban J connectivity index is 1.80. The number of amides is 2. The van der Waals surface area contributed by atoms with Crippen LogP contribution in [0, 0.1) is 11.8 Å². The fraction of sp³-hybridized carbons (Fsp3) is 0.542. The lowest BCUT2D eigenvalue weighted by atomic mass is 9.92. The quantitative estimate of drug-likeness (QED) is 0.619. The van der Waals surface area contributed by atoms with E-state index in [2.05, 4.69) is 39.9 Å². The maximum Gasteiger partial charge on any atom is 0.245 e. The zero-order valence-electron chi connectivity index (χ0n) is 19.1. The van der Waals surface area contributed by atoms with Gasteiger partial charge in [0.2, 0.25) is 11.8 Å². The van der Waals surface area contributed by atoms with Gasteiger partial charge in [-0.1, -0.05) is 46.2 Å². The smallest absolute Gasteiger partial charge is 0.245 e. The molecule has 1 fully saturated rings. The van der Waals surface area contributed by atoms with Crippen molar-refractivity contribution in [3.8, 4) is 5.69 Å². The maximum absolute atomic E-state index is 12.9. The molecule has 1 heterocycles. The first-order valence-electron chi connectivity index (χ1n) is 11.0. The molecule has 1 aliphatic rings. The van der Waals surface area contributed by atoms with Crippen LogP contribution in [0.15, 0.2) is 30.3 Å². The largest absolute Gasteiger partial charge is 0.333 e. The maximum atomic E-state index is 12.9. The summed E-state index contributed by atoms with van der Waals surface area (Å²) in [5, 5.41) is 8.34. The first-order valence-corrected chi connectivity index (χ1v) is 11.4. The van der Waals surface area contributed by atoms with Gasteiger partial charge in [0.25, 0.3) is 0 Å². The molecule has 0 bridgehead atoms. The van der Waals surface area contributed by atoms with Gasteiger partial charge >= 0.3 is 0 Å². The van der Waals surface area contributed by atoms with Crippen LogP contribution in [0.1, 0.15) is 59.6 Å². The summed E-state index contributed by atoms with van der Waals surface area (Å²) in [6.45, 7) is 11.1. The molecule has 1 N–H and O–H groups in total. The molecule has 0 unspecified atom stereocenters. The Kier molecular flexibility index (Phi) is 7.10. The molecular weight excluding hydrogens is 412 g/mol. The number of nitrogens with one attached hydrogen (secondary N) is 1. The molecule has 31 heavy (non-hydrogen) atoms. The molecular formula is C24H33ClN4O2. The van der Waals surface area contributed by atoms with Gasteiger partial charge in [-0.15, -0.1) is 0 Å². The van der Waals surface area contributed by atoms with E-state index in [1.807, 2.05) is 18.2 Å². The van der Waals surface area contributed by atoms with Crippen LogP contribution in [0.25, 0.3) is 5.69 Å². The van der Waals surface area contributed by atoms with Crippen molar-refractivity contribution in [3.63, 3.8) is 0 Å².